The van der Waals surface area contributed by atoms with Crippen LogP contribution in [0.2, 0.25) is 0 Å². The highest BCUT2D eigenvalue weighted by atomic mass is 79.9. The molecule has 2 rings (SSSR count). The molecule has 21 heavy (non-hydrogen) atoms. The smallest absolute Gasteiger partial charge is 0.219 e. The summed E-state index contributed by atoms with van der Waals surface area (Å²) in [6.45, 7) is 2.96. The normalized spacial score (nSPS) is 10.2. The Morgan fingerprint density at radius 3 is 2.67 bits per heavy atom. The van der Waals surface area contributed by atoms with Gasteiger partial charge in [-0.3, -0.25) is 4.79 Å². The van der Waals surface area contributed by atoms with Crippen LogP contribution in [-0.4, -0.2) is 17.9 Å². The van der Waals surface area contributed by atoms with E-state index in [-0.39, 0.29) is 5.91 Å². The molecule has 0 aromatic heterocycles. The van der Waals surface area contributed by atoms with E-state index in [0.717, 1.165) is 22.3 Å². The van der Waals surface area contributed by atoms with Crippen LogP contribution in [0, 0.1) is 0 Å². The first-order chi connectivity index (χ1) is 10.1. The maximum Gasteiger partial charge on any atom is 0.219 e. The molecule has 0 aliphatic heterocycles. The van der Waals surface area contributed by atoms with Crippen LogP contribution in [0.3, 0.4) is 0 Å². The van der Waals surface area contributed by atoms with Crippen molar-refractivity contribution in [3.63, 3.8) is 0 Å². The lowest BCUT2D eigenvalue weighted by Crippen LogP contribution is -2.23. The minimum atomic E-state index is 0.0709. The number of carbonyl (C=O) groups is 1. The van der Waals surface area contributed by atoms with Crippen molar-refractivity contribution in [1.82, 2.24) is 4.90 Å². The van der Waals surface area contributed by atoms with E-state index in [1.54, 1.807) is 11.8 Å². The molecule has 4 heteroatoms. The molecule has 1 amide bonds. The first-order valence-corrected chi connectivity index (χ1v) is 7.63. The van der Waals surface area contributed by atoms with Crippen molar-refractivity contribution in [3.05, 3.63) is 64.1 Å². The van der Waals surface area contributed by atoms with Gasteiger partial charge in [0, 0.05) is 37.2 Å². The molecule has 2 aromatic carbocycles. The highest BCUT2D eigenvalue weighted by molar-refractivity contribution is 9.10. The van der Waals surface area contributed by atoms with E-state index in [4.69, 9.17) is 0 Å². The summed E-state index contributed by atoms with van der Waals surface area (Å²) in [4.78, 5) is 13.0. The third kappa shape index (κ3) is 4.60. The molecule has 0 aliphatic rings. The van der Waals surface area contributed by atoms with Crippen LogP contribution < -0.4 is 5.32 Å². The molecule has 0 heterocycles. The van der Waals surface area contributed by atoms with Gasteiger partial charge in [-0.2, -0.15) is 0 Å². The lowest BCUT2D eigenvalue weighted by Gasteiger charge is -2.16. The first kappa shape index (κ1) is 15.6. The minimum Gasteiger partial charge on any atom is -0.381 e. The van der Waals surface area contributed by atoms with E-state index in [2.05, 4.69) is 33.4 Å². The maximum absolute atomic E-state index is 11.3. The summed E-state index contributed by atoms with van der Waals surface area (Å²) in [5.74, 6) is 0.0709. The van der Waals surface area contributed by atoms with Gasteiger partial charge in [0.05, 0.1) is 0 Å². The molecule has 0 spiro atoms. The largest absolute Gasteiger partial charge is 0.381 e. The monoisotopic (exact) mass is 346 g/mol. The molecule has 2 aromatic rings. The Labute approximate surface area is 134 Å². The average Bonchev–Trinajstić information content (AvgIpc) is 2.46. The van der Waals surface area contributed by atoms with Crippen molar-refractivity contribution < 1.29 is 4.79 Å². The molecule has 0 fully saturated rings. The number of rotatable bonds is 5. The zero-order valence-corrected chi connectivity index (χ0v) is 13.9. The van der Waals surface area contributed by atoms with Gasteiger partial charge >= 0.3 is 0 Å². The summed E-state index contributed by atoms with van der Waals surface area (Å²) in [5.41, 5.74) is 3.38. The molecule has 0 bridgehead atoms. The highest BCUT2D eigenvalue weighted by Crippen LogP contribution is 2.18. The predicted molar refractivity (Wildman–Crippen MR) is 90.1 cm³/mol. The van der Waals surface area contributed by atoms with Crippen molar-refractivity contribution >= 4 is 27.5 Å². The summed E-state index contributed by atoms with van der Waals surface area (Å²) in [7, 11) is 1.81. The van der Waals surface area contributed by atoms with Crippen LogP contribution in [0.15, 0.2) is 53.0 Å². The van der Waals surface area contributed by atoms with Crippen molar-refractivity contribution in [1.29, 1.82) is 0 Å². The second kappa shape index (κ2) is 7.27. The molecule has 1 N–H and O–H groups in total. The minimum absolute atomic E-state index is 0.0709. The third-order valence-electron chi connectivity index (χ3n) is 3.33. The van der Waals surface area contributed by atoms with Crippen LogP contribution in [0.25, 0.3) is 0 Å². The van der Waals surface area contributed by atoms with Gasteiger partial charge in [0.15, 0.2) is 0 Å². The lowest BCUT2D eigenvalue weighted by atomic mass is 10.1. The Morgan fingerprint density at radius 1 is 1.19 bits per heavy atom. The number of hydrogen-bond donors (Lipinski definition) is 1. The SMILES string of the molecule is CC(=O)N(C)Cc1cccc(NCc2ccccc2Br)c1. The van der Waals surface area contributed by atoms with E-state index < -0.39 is 0 Å². The second-order valence-electron chi connectivity index (χ2n) is 5.02. The Bertz CT molecular complexity index is 628. The molecular formula is C17H19BrN2O. The number of carbonyl (C=O) groups excluding carboxylic acids is 1. The summed E-state index contributed by atoms with van der Waals surface area (Å²) in [5, 5.41) is 3.41. The fraction of sp³-hybridized carbons (Fsp3) is 0.235. The van der Waals surface area contributed by atoms with Crippen LogP contribution in [0.1, 0.15) is 18.1 Å². The van der Waals surface area contributed by atoms with Gasteiger partial charge in [-0.05, 0) is 29.3 Å². The van der Waals surface area contributed by atoms with Gasteiger partial charge < -0.3 is 10.2 Å². The average molecular weight is 347 g/mol. The fourth-order valence-corrected chi connectivity index (χ4v) is 2.43. The molecule has 0 aliphatic carbocycles. The zero-order chi connectivity index (χ0) is 15.2. The molecule has 3 nitrogen and oxygen atoms in total. The van der Waals surface area contributed by atoms with Crippen molar-refractivity contribution in [2.75, 3.05) is 12.4 Å². The van der Waals surface area contributed by atoms with Crippen LogP contribution in [0.5, 0.6) is 0 Å². The van der Waals surface area contributed by atoms with Crippen molar-refractivity contribution in [3.8, 4) is 0 Å². The zero-order valence-electron chi connectivity index (χ0n) is 12.3. The number of amides is 1. The number of hydrogen-bond acceptors (Lipinski definition) is 2. The standard InChI is InChI=1S/C17H19BrN2O/c1-13(21)20(2)12-14-6-5-8-16(10-14)19-11-15-7-3-4-9-17(15)18/h3-10,19H,11-12H2,1-2H3. The van der Waals surface area contributed by atoms with E-state index in [1.807, 2.05) is 43.4 Å². The Balaban J connectivity index is 2.01. The topological polar surface area (TPSA) is 32.3 Å². The van der Waals surface area contributed by atoms with Crippen LogP contribution >= 0.6 is 15.9 Å². The lowest BCUT2D eigenvalue weighted by molar-refractivity contribution is -0.128. The maximum atomic E-state index is 11.3. The van der Waals surface area contributed by atoms with Crippen molar-refractivity contribution in [2.45, 2.75) is 20.0 Å². The van der Waals surface area contributed by atoms with Gasteiger partial charge in [-0.15, -0.1) is 0 Å². The van der Waals surface area contributed by atoms with Gasteiger partial charge in [-0.1, -0.05) is 46.3 Å². The summed E-state index contributed by atoms with van der Waals surface area (Å²) in [6, 6.07) is 16.3. The molecule has 0 saturated heterocycles. The summed E-state index contributed by atoms with van der Waals surface area (Å²) in [6.07, 6.45) is 0. The van der Waals surface area contributed by atoms with Gasteiger partial charge in [0.25, 0.3) is 0 Å². The van der Waals surface area contributed by atoms with Crippen molar-refractivity contribution in [2.24, 2.45) is 0 Å². The molecule has 0 saturated carbocycles. The number of anilines is 1. The summed E-state index contributed by atoms with van der Waals surface area (Å²) < 4.78 is 1.10. The number of nitrogens with zero attached hydrogens (tertiary/aromatic N) is 1. The number of benzene rings is 2. The Morgan fingerprint density at radius 2 is 1.95 bits per heavy atom. The van der Waals surface area contributed by atoms with E-state index >= 15 is 0 Å². The molecule has 110 valence electrons. The molecule has 0 radical (unpaired) electrons. The van der Waals surface area contributed by atoms with Crippen LogP contribution in [0.4, 0.5) is 5.69 Å². The molecular weight excluding hydrogens is 328 g/mol. The number of halogens is 1. The Kier molecular flexibility index (Phi) is 5.39. The van der Waals surface area contributed by atoms with E-state index in [0.29, 0.717) is 6.54 Å². The van der Waals surface area contributed by atoms with E-state index in [1.165, 1.54) is 5.56 Å². The van der Waals surface area contributed by atoms with Gasteiger partial charge in [0.1, 0.15) is 0 Å². The number of nitrogens with one attached hydrogen (secondary N) is 1. The highest BCUT2D eigenvalue weighted by Gasteiger charge is 2.04. The van der Waals surface area contributed by atoms with E-state index in [9.17, 15) is 4.79 Å². The third-order valence-corrected chi connectivity index (χ3v) is 4.10. The first-order valence-electron chi connectivity index (χ1n) is 6.84. The molecule has 0 unspecified atom stereocenters. The van der Waals surface area contributed by atoms with Gasteiger partial charge in [0.2, 0.25) is 5.91 Å². The van der Waals surface area contributed by atoms with Crippen LogP contribution in [-0.2, 0) is 17.9 Å². The second-order valence-corrected chi connectivity index (χ2v) is 5.87. The predicted octanol–water partition coefficient (Wildman–Crippen LogP) is 4.04. The quantitative estimate of drug-likeness (QED) is 0.885. The van der Waals surface area contributed by atoms with Gasteiger partial charge in [-0.25, -0.2) is 0 Å². The molecule has 0 atom stereocenters. The Hall–Kier alpha value is -1.81. The fourth-order valence-electron chi connectivity index (χ4n) is 2.00. The summed E-state index contributed by atoms with van der Waals surface area (Å²) >= 11 is 3.55.